The second-order valence-corrected chi connectivity index (χ2v) is 26.3. The van der Waals surface area contributed by atoms with E-state index in [4.69, 9.17) is 15.2 Å². The first-order valence-corrected chi connectivity index (χ1v) is 27.4. The van der Waals surface area contributed by atoms with Crippen molar-refractivity contribution in [3.63, 3.8) is 0 Å². The Morgan fingerprint density at radius 2 is 1.56 bits per heavy atom. The van der Waals surface area contributed by atoms with Crippen LogP contribution in [0.1, 0.15) is 162 Å². The molecule has 16 heteroatoms. The summed E-state index contributed by atoms with van der Waals surface area (Å²) < 4.78 is 12.8. The zero-order chi connectivity index (χ0) is 50.9. The van der Waals surface area contributed by atoms with Gasteiger partial charge in [-0.3, -0.25) is 9.59 Å². The first-order chi connectivity index (χ1) is 33.6. The third-order valence-corrected chi connectivity index (χ3v) is 23.7. The number of nitrogens with one attached hydrogen (secondary N) is 2. The highest BCUT2D eigenvalue weighted by atomic mass is 16.7. The fourth-order valence-corrected chi connectivity index (χ4v) is 19.6. The van der Waals surface area contributed by atoms with E-state index < -0.39 is 98.9 Å². The number of rotatable bonds is 12. The Hall–Kier alpha value is -2.51. The van der Waals surface area contributed by atoms with Crippen LogP contribution in [0.4, 0.5) is 0 Å². The summed E-state index contributed by atoms with van der Waals surface area (Å²) >= 11 is 0. The Labute approximate surface area is 419 Å². The molecule has 1 aromatic heterocycles. The van der Waals surface area contributed by atoms with Crippen LogP contribution in [0.3, 0.4) is 0 Å². The van der Waals surface area contributed by atoms with Crippen molar-refractivity contribution in [1.29, 1.82) is 0 Å². The van der Waals surface area contributed by atoms with E-state index in [0.29, 0.717) is 70.6 Å². The number of ether oxygens (including phenoxy) is 2. The first-order valence-electron chi connectivity index (χ1n) is 27.4. The van der Waals surface area contributed by atoms with Gasteiger partial charge in [0, 0.05) is 35.9 Å². The van der Waals surface area contributed by atoms with Gasteiger partial charge in [0.2, 0.25) is 5.91 Å². The van der Waals surface area contributed by atoms with E-state index in [1.807, 2.05) is 6.92 Å². The number of aliphatic hydroxyl groups excluding tert-OH is 7. The van der Waals surface area contributed by atoms with Crippen molar-refractivity contribution < 1.29 is 59.9 Å². The number of carboxylic acids is 1. The number of imidazole rings is 1. The van der Waals surface area contributed by atoms with Crippen LogP contribution in [-0.2, 0) is 19.1 Å². The molecule has 7 aliphatic carbocycles. The van der Waals surface area contributed by atoms with E-state index >= 15 is 0 Å². The molecule has 0 aromatic carbocycles. The minimum atomic E-state index is -1.63. The number of carboxylic acid groups (broad SMARTS) is 1. The van der Waals surface area contributed by atoms with Crippen molar-refractivity contribution in [2.24, 2.45) is 78.6 Å². The number of fused-ring (bicyclic) bond motifs is 8. The average Bonchev–Trinajstić information content (AvgIpc) is 4.19. The number of aromatic amines is 1. The smallest absolute Gasteiger partial charge is 0.310 e. The lowest BCUT2D eigenvalue weighted by Crippen LogP contribution is -2.76. The number of aliphatic carboxylic acids is 1. The zero-order valence-electron chi connectivity index (χ0n) is 42.9. The monoisotopic (exact) mass is 995 g/mol. The largest absolute Gasteiger partial charge is 0.481 e. The molecule has 10 rings (SSSR count). The Morgan fingerprint density at radius 3 is 2.20 bits per heavy atom. The third-order valence-electron chi connectivity index (χ3n) is 23.7. The lowest BCUT2D eigenvalue weighted by Gasteiger charge is -2.78. The fourth-order valence-electron chi connectivity index (χ4n) is 19.6. The summed E-state index contributed by atoms with van der Waals surface area (Å²) in [5, 5.41) is 94.8. The van der Waals surface area contributed by atoms with E-state index in [0.717, 1.165) is 44.2 Å². The first kappa shape index (κ1) is 52.0. The van der Waals surface area contributed by atoms with Gasteiger partial charge in [-0.1, -0.05) is 72.0 Å². The predicted molar refractivity (Wildman–Crippen MR) is 260 cm³/mol. The maximum absolute atomic E-state index is 14.9. The van der Waals surface area contributed by atoms with Gasteiger partial charge in [0.1, 0.15) is 24.5 Å². The number of nitrogens with two attached hydrogens (primary N) is 1. The van der Waals surface area contributed by atoms with E-state index in [-0.39, 0.29) is 67.2 Å². The van der Waals surface area contributed by atoms with Crippen molar-refractivity contribution in [3.05, 3.63) is 29.9 Å². The minimum Gasteiger partial charge on any atom is -0.481 e. The lowest BCUT2D eigenvalue weighted by atomic mass is 9.26. The summed E-state index contributed by atoms with van der Waals surface area (Å²) in [7, 11) is 0. The second-order valence-electron chi connectivity index (χ2n) is 26.3. The van der Waals surface area contributed by atoms with Crippen molar-refractivity contribution in [2.45, 2.75) is 205 Å². The number of amides is 1. The molecule has 3 heterocycles. The Morgan fingerprint density at radius 1 is 0.873 bits per heavy atom. The summed E-state index contributed by atoms with van der Waals surface area (Å²) in [6.07, 6.45) is 9.01. The highest BCUT2D eigenvalue weighted by Gasteiger charge is 2.79. The maximum Gasteiger partial charge on any atom is 0.310 e. The van der Waals surface area contributed by atoms with Gasteiger partial charge < -0.3 is 66.4 Å². The minimum absolute atomic E-state index is 0.00305. The van der Waals surface area contributed by atoms with Crippen LogP contribution in [0.25, 0.3) is 0 Å². The van der Waals surface area contributed by atoms with Crippen molar-refractivity contribution >= 4 is 11.9 Å². The van der Waals surface area contributed by atoms with Crippen molar-refractivity contribution in [2.75, 3.05) is 19.8 Å². The van der Waals surface area contributed by atoms with Crippen LogP contribution < -0.4 is 11.1 Å². The van der Waals surface area contributed by atoms with Crippen LogP contribution in [0.2, 0.25) is 0 Å². The molecule has 6 saturated carbocycles. The summed E-state index contributed by atoms with van der Waals surface area (Å²) in [5.74, 6) is -2.49. The molecule has 2 aliphatic heterocycles. The number of carbonyl (C=O) groups is 2. The van der Waals surface area contributed by atoms with Gasteiger partial charge in [-0.2, -0.15) is 0 Å². The predicted octanol–water partition coefficient (Wildman–Crippen LogP) is 4.64. The van der Waals surface area contributed by atoms with Gasteiger partial charge in [-0.05, 0) is 147 Å². The standard InChI is InChI=1S/C55H86N4O12/c1-48(27-60)18-20-55(47(68)69)21-19-50(3)31(34(55)23-48)11-12-37-51(4)33(22-32-40(59-46(67)54(32)16-8-9-17-54)30(10-13-39(56)63)35-25-57-29-58-35)41(64)44(71-45-43(66)42(65)36(62)26-70-45)49(2,28-61)38(51)24-53(52(37,50)5)14-6-7-15-53/h11,25,29-30,32-34,36-45,60-66H,6-10,12-24,26-28,56H2,1-5H3,(H,57,58)(H,59,67)(H,68,69)/t30-,32+,33-,34+,36-,37-,38-,39+,40-,41-,42+,43-,44-,45+,48+,49+,50-,51-,52-,55+/m1/s1. The number of nitrogens with zero attached hydrogens (tertiary/aromatic N) is 1. The number of carbonyl (C=O) groups excluding carboxylic acids is 1. The summed E-state index contributed by atoms with van der Waals surface area (Å²) in [4.78, 5) is 36.3. The molecule has 0 radical (unpaired) electrons. The maximum atomic E-state index is 14.9. The highest BCUT2D eigenvalue weighted by Crippen LogP contribution is 2.83. The fraction of sp³-hybridized carbons (Fsp3) is 0.873. The molecule has 0 bridgehead atoms. The van der Waals surface area contributed by atoms with Crippen LogP contribution in [0.5, 0.6) is 0 Å². The van der Waals surface area contributed by atoms with E-state index in [2.05, 4.69) is 49.1 Å². The van der Waals surface area contributed by atoms with Gasteiger partial charge in [-0.25, -0.2) is 4.98 Å². The highest BCUT2D eigenvalue weighted by molar-refractivity contribution is 5.86. The van der Waals surface area contributed by atoms with Gasteiger partial charge >= 0.3 is 5.97 Å². The van der Waals surface area contributed by atoms with Crippen molar-refractivity contribution in [3.8, 4) is 0 Å². The molecule has 1 aromatic rings. The van der Waals surface area contributed by atoms with Crippen molar-refractivity contribution in [1.82, 2.24) is 15.3 Å². The van der Waals surface area contributed by atoms with E-state index in [1.54, 1.807) is 12.5 Å². The molecule has 2 spiro atoms. The lowest BCUT2D eigenvalue weighted by molar-refractivity contribution is -0.351. The topological polar surface area (TPSA) is 281 Å². The molecule has 12 N–H and O–H groups in total. The number of hydrogen-bond donors (Lipinski definition) is 11. The van der Waals surface area contributed by atoms with E-state index in [9.17, 15) is 50.4 Å². The quantitative estimate of drug-likeness (QED) is 0.0774. The summed E-state index contributed by atoms with van der Waals surface area (Å²) in [6, 6.07) is -0.416. The Bertz CT molecular complexity index is 2180. The number of H-pyrrole nitrogens is 1. The number of aromatic nitrogens is 2. The number of allylic oxidation sites excluding steroid dienone is 2. The molecule has 398 valence electrons. The SMILES string of the molecule is C[C@]1(CO)CC[C@]2(C(=O)O)CC[C@]3(C)C(=CC[C@@H]4[C@@]5(C)[C@H](C[C@H]6[C@@H]([C@H](CC[C@@H](N)O)c7cnc[nH]7)NC(=O)C67CCCC7)[C@@H](O)[C@@H](O[C@@H]6OC[C@@H](O)[C@H](O)[C@H]6O)[C@@](C)(CO)[C@H]5CC5(CCCC5)[C@]43C)[C@@H]2C1. The molecular formula is C55H86N4O12. The van der Waals surface area contributed by atoms with Gasteiger partial charge in [0.15, 0.2) is 6.29 Å². The van der Waals surface area contributed by atoms with Crippen LogP contribution in [0.15, 0.2) is 24.2 Å². The molecule has 8 fully saturated rings. The normalized spacial score (nSPS) is 48.5. The van der Waals surface area contributed by atoms with Crippen LogP contribution in [-0.4, -0.2) is 132 Å². The molecular weight excluding hydrogens is 909 g/mol. The Kier molecular flexibility index (Phi) is 13.2. The molecule has 2 saturated heterocycles. The van der Waals surface area contributed by atoms with E-state index in [1.165, 1.54) is 5.57 Å². The molecule has 16 nitrogen and oxygen atoms in total. The summed E-state index contributed by atoms with van der Waals surface area (Å²) in [5.41, 5.74) is 3.02. The van der Waals surface area contributed by atoms with Crippen LogP contribution >= 0.6 is 0 Å². The summed E-state index contributed by atoms with van der Waals surface area (Å²) in [6.45, 7) is 10.7. The second kappa shape index (κ2) is 18.1. The number of aliphatic hydroxyl groups is 7. The molecule has 0 unspecified atom stereocenters. The molecule has 1 amide bonds. The molecule has 9 aliphatic rings. The average molecular weight is 995 g/mol. The van der Waals surface area contributed by atoms with Crippen LogP contribution in [0, 0.1) is 72.9 Å². The van der Waals surface area contributed by atoms with Gasteiger partial charge in [-0.15, -0.1) is 0 Å². The zero-order valence-corrected chi connectivity index (χ0v) is 42.9. The molecule has 20 atom stereocenters. The van der Waals surface area contributed by atoms with Gasteiger partial charge in [0.25, 0.3) is 0 Å². The molecule has 71 heavy (non-hydrogen) atoms. The third kappa shape index (κ3) is 7.27. The van der Waals surface area contributed by atoms with Gasteiger partial charge in [0.05, 0.1) is 42.6 Å². The number of hydrogen-bond acceptors (Lipinski definition) is 13. The Balaban J connectivity index is 1.16.